The first kappa shape index (κ1) is 19.4. The smallest absolute Gasteiger partial charge is 0.279 e. The van der Waals surface area contributed by atoms with Crippen LogP contribution in [-0.2, 0) is 0 Å². The first-order chi connectivity index (χ1) is 14.7. The molecule has 0 unspecified atom stereocenters. The van der Waals surface area contributed by atoms with Gasteiger partial charge in [0, 0.05) is 23.3 Å². The van der Waals surface area contributed by atoms with Crippen molar-refractivity contribution in [2.45, 2.75) is 0 Å². The Hall–Kier alpha value is -3.97. The lowest BCUT2D eigenvalue weighted by molar-refractivity contribution is 0.0705. The predicted molar refractivity (Wildman–Crippen MR) is 113 cm³/mol. The van der Waals surface area contributed by atoms with Crippen molar-refractivity contribution >= 4 is 16.8 Å². The highest BCUT2D eigenvalue weighted by molar-refractivity contribution is 6.09. The lowest BCUT2D eigenvalue weighted by Gasteiger charge is -2.15. The number of benzene rings is 2. The number of hydroxylamine groups is 1. The van der Waals surface area contributed by atoms with E-state index in [1.54, 1.807) is 24.9 Å². The zero-order chi connectivity index (χ0) is 21.1. The molecule has 7 nitrogen and oxygen atoms in total. The summed E-state index contributed by atoms with van der Waals surface area (Å²) >= 11 is 0. The van der Waals surface area contributed by atoms with Crippen LogP contribution in [0.5, 0.6) is 11.5 Å². The summed E-state index contributed by atoms with van der Waals surface area (Å²) in [6.45, 7) is 0. The minimum absolute atomic E-state index is 0.171. The van der Waals surface area contributed by atoms with Gasteiger partial charge in [0.1, 0.15) is 11.4 Å². The lowest BCUT2D eigenvalue weighted by atomic mass is 9.99. The summed E-state index contributed by atoms with van der Waals surface area (Å²) in [6.07, 6.45) is 3.11. The number of hydrogen-bond acceptors (Lipinski definition) is 6. The molecule has 0 atom stereocenters. The molecule has 150 valence electrons. The van der Waals surface area contributed by atoms with Gasteiger partial charge in [-0.1, -0.05) is 36.4 Å². The van der Waals surface area contributed by atoms with E-state index in [2.05, 4.69) is 9.97 Å². The summed E-state index contributed by atoms with van der Waals surface area (Å²) in [7, 11) is 3.09. The standard InChI is InChI=1S/C23H19N3O4/c1-29-17-5-3-4-16(12-17)14-6-8-15(9-7-14)21-22(30-2)20(23(27)26-28)18-13-24-11-10-19(18)25-21/h3-13,28H,1-2H3,(H,26,27). The fraction of sp³-hybridized carbons (Fsp3) is 0.0870. The number of amides is 1. The van der Waals surface area contributed by atoms with E-state index in [4.69, 9.17) is 9.47 Å². The van der Waals surface area contributed by atoms with E-state index in [1.165, 1.54) is 13.3 Å². The number of hydrogen-bond donors (Lipinski definition) is 2. The van der Waals surface area contributed by atoms with Gasteiger partial charge in [0.25, 0.3) is 5.91 Å². The Morgan fingerprint density at radius 3 is 2.43 bits per heavy atom. The number of methoxy groups -OCH3 is 2. The van der Waals surface area contributed by atoms with Crippen molar-refractivity contribution in [1.82, 2.24) is 15.4 Å². The zero-order valence-corrected chi connectivity index (χ0v) is 16.4. The summed E-state index contributed by atoms with van der Waals surface area (Å²) in [4.78, 5) is 21.1. The van der Waals surface area contributed by atoms with Gasteiger partial charge in [-0.2, -0.15) is 0 Å². The van der Waals surface area contributed by atoms with Crippen LogP contribution in [0.25, 0.3) is 33.3 Å². The largest absolute Gasteiger partial charge is 0.497 e. The predicted octanol–water partition coefficient (Wildman–Crippen LogP) is 4.10. The Bertz CT molecular complexity index is 1220. The molecular formula is C23H19N3O4. The second-order valence-corrected chi connectivity index (χ2v) is 6.51. The summed E-state index contributed by atoms with van der Waals surface area (Å²) in [5, 5.41) is 9.71. The van der Waals surface area contributed by atoms with Gasteiger partial charge < -0.3 is 9.47 Å². The van der Waals surface area contributed by atoms with Gasteiger partial charge in [0.15, 0.2) is 5.75 Å². The molecule has 4 aromatic rings. The molecule has 2 aromatic carbocycles. The van der Waals surface area contributed by atoms with Crippen molar-refractivity contribution in [1.29, 1.82) is 0 Å². The maximum absolute atomic E-state index is 12.4. The van der Waals surface area contributed by atoms with E-state index in [0.717, 1.165) is 22.4 Å². The highest BCUT2D eigenvalue weighted by atomic mass is 16.5. The Labute approximate surface area is 172 Å². The molecule has 0 spiro atoms. The van der Waals surface area contributed by atoms with Gasteiger partial charge in [-0.15, -0.1) is 0 Å². The summed E-state index contributed by atoms with van der Waals surface area (Å²) < 4.78 is 10.8. The van der Waals surface area contributed by atoms with E-state index >= 15 is 0 Å². The maximum Gasteiger partial charge on any atom is 0.279 e. The molecule has 0 aliphatic heterocycles. The minimum atomic E-state index is -0.693. The van der Waals surface area contributed by atoms with Crippen LogP contribution in [0.1, 0.15) is 10.4 Å². The lowest BCUT2D eigenvalue weighted by Crippen LogP contribution is -2.20. The fourth-order valence-electron chi connectivity index (χ4n) is 3.39. The molecule has 0 aliphatic carbocycles. The van der Waals surface area contributed by atoms with Gasteiger partial charge >= 0.3 is 0 Å². The van der Waals surface area contributed by atoms with Gasteiger partial charge in [-0.25, -0.2) is 10.5 Å². The Morgan fingerprint density at radius 2 is 1.73 bits per heavy atom. The SMILES string of the molecule is COc1cccc(-c2ccc(-c3nc4ccncc4c(C(=O)NO)c3OC)cc2)c1. The number of nitrogens with one attached hydrogen (secondary N) is 1. The number of rotatable bonds is 5. The first-order valence-electron chi connectivity index (χ1n) is 9.17. The highest BCUT2D eigenvalue weighted by Crippen LogP contribution is 2.36. The molecule has 0 saturated carbocycles. The summed E-state index contributed by atoms with van der Waals surface area (Å²) in [5.74, 6) is 0.348. The molecule has 2 aromatic heterocycles. The number of ether oxygens (including phenoxy) is 2. The molecule has 0 radical (unpaired) electrons. The van der Waals surface area contributed by atoms with Gasteiger partial charge in [0.05, 0.1) is 25.3 Å². The maximum atomic E-state index is 12.4. The number of pyridine rings is 2. The second kappa shape index (κ2) is 8.18. The van der Waals surface area contributed by atoms with Crippen LogP contribution in [0.2, 0.25) is 0 Å². The molecule has 7 heteroatoms. The number of nitrogens with zero attached hydrogens (tertiary/aromatic N) is 2. The van der Waals surface area contributed by atoms with Crippen molar-refractivity contribution in [3.8, 4) is 33.9 Å². The van der Waals surface area contributed by atoms with Crippen molar-refractivity contribution < 1.29 is 19.5 Å². The average Bonchev–Trinajstić information content (AvgIpc) is 2.82. The van der Waals surface area contributed by atoms with Gasteiger partial charge in [-0.05, 0) is 29.3 Å². The second-order valence-electron chi connectivity index (χ2n) is 6.51. The average molecular weight is 401 g/mol. The number of aromatic nitrogens is 2. The van der Waals surface area contributed by atoms with Crippen LogP contribution < -0.4 is 15.0 Å². The van der Waals surface area contributed by atoms with E-state index in [1.807, 2.05) is 48.5 Å². The van der Waals surface area contributed by atoms with Crippen LogP contribution in [0.15, 0.2) is 67.0 Å². The fourth-order valence-corrected chi connectivity index (χ4v) is 3.39. The molecule has 2 heterocycles. The normalized spacial score (nSPS) is 10.6. The quantitative estimate of drug-likeness (QED) is 0.386. The van der Waals surface area contributed by atoms with Crippen molar-refractivity contribution in [3.63, 3.8) is 0 Å². The first-order valence-corrected chi connectivity index (χ1v) is 9.17. The highest BCUT2D eigenvalue weighted by Gasteiger charge is 2.22. The third-order valence-corrected chi connectivity index (χ3v) is 4.84. The molecule has 4 rings (SSSR count). The molecule has 2 N–H and O–H groups in total. The molecule has 0 bridgehead atoms. The van der Waals surface area contributed by atoms with Crippen LogP contribution >= 0.6 is 0 Å². The number of carbonyl (C=O) groups is 1. The van der Waals surface area contributed by atoms with Crippen molar-refractivity contribution in [2.75, 3.05) is 14.2 Å². The van der Waals surface area contributed by atoms with Crippen LogP contribution in [-0.4, -0.2) is 35.3 Å². The van der Waals surface area contributed by atoms with Crippen molar-refractivity contribution in [3.05, 3.63) is 72.6 Å². The minimum Gasteiger partial charge on any atom is -0.497 e. The van der Waals surface area contributed by atoms with Gasteiger partial charge in [-0.3, -0.25) is 15.0 Å². The van der Waals surface area contributed by atoms with E-state index in [9.17, 15) is 10.0 Å². The monoisotopic (exact) mass is 401 g/mol. The third-order valence-electron chi connectivity index (χ3n) is 4.84. The van der Waals surface area contributed by atoms with Gasteiger partial charge in [0.2, 0.25) is 0 Å². The molecule has 30 heavy (non-hydrogen) atoms. The molecule has 0 fully saturated rings. The topological polar surface area (TPSA) is 93.6 Å². The Kier molecular flexibility index (Phi) is 5.28. The van der Waals surface area contributed by atoms with E-state index in [0.29, 0.717) is 16.6 Å². The molecular weight excluding hydrogens is 382 g/mol. The van der Waals surface area contributed by atoms with Crippen LogP contribution in [0.3, 0.4) is 0 Å². The number of fused-ring (bicyclic) bond motifs is 1. The van der Waals surface area contributed by atoms with E-state index < -0.39 is 5.91 Å². The Balaban J connectivity index is 1.85. The van der Waals surface area contributed by atoms with E-state index in [-0.39, 0.29) is 11.3 Å². The molecule has 0 saturated heterocycles. The number of carbonyl (C=O) groups excluding carboxylic acids is 1. The van der Waals surface area contributed by atoms with Crippen LogP contribution in [0.4, 0.5) is 0 Å². The zero-order valence-electron chi connectivity index (χ0n) is 16.4. The molecule has 0 aliphatic rings. The molecule has 1 amide bonds. The summed E-state index contributed by atoms with van der Waals surface area (Å²) in [6, 6.07) is 17.2. The Morgan fingerprint density at radius 1 is 0.967 bits per heavy atom. The summed E-state index contributed by atoms with van der Waals surface area (Å²) in [5.41, 5.74) is 5.71. The third kappa shape index (κ3) is 3.42. The van der Waals surface area contributed by atoms with Crippen LogP contribution in [0, 0.1) is 0 Å². The van der Waals surface area contributed by atoms with Crippen molar-refractivity contribution in [2.24, 2.45) is 0 Å².